The average Bonchev–Trinajstić information content (AvgIpc) is 2.01. The molecule has 0 saturated heterocycles. The number of carbonyl (C=O) groups excluding carboxylic acids is 1. The van der Waals surface area contributed by atoms with Crippen LogP contribution in [0.1, 0.15) is 13.8 Å². The van der Waals surface area contributed by atoms with Gasteiger partial charge in [0.25, 0.3) is 0 Å². The summed E-state index contributed by atoms with van der Waals surface area (Å²) >= 11 is 0. The Balaban J connectivity index is 3.80. The Labute approximate surface area is 78.4 Å². The molecule has 0 radical (unpaired) electrons. The number of hydrogen-bond acceptors (Lipinski definition) is 4. The molecule has 0 aliphatic heterocycles. The minimum Gasteiger partial charge on any atom is -0.382 e. The van der Waals surface area contributed by atoms with Crippen LogP contribution < -0.4 is 11.5 Å². The maximum Gasteiger partial charge on any atom is 0.239 e. The Bertz CT molecular complexity index is 171. The molecular weight excluding hydrogens is 172 g/mol. The van der Waals surface area contributed by atoms with Crippen molar-refractivity contribution in [3.63, 3.8) is 0 Å². The molecule has 0 bridgehead atoms. The average molecular weight is 190 g/mol. The van der Waals surface area contributed by atoms with E-state index in [4.69, 9.17) is 20.9 Å². The highest BCUT2D eigenvalue weighted by Crippen LogP contribution is 2.01. The van der Waals surface area contributed by atoms with E-state index in [1.165, 1.54) is 6.92 Å². The Hall–Kier alpha value is -0.650. The van der Waals surface area contributed by atoms with Crippen LogP contribution in [0.2, 0.25) is 0 Å². The van der Waals surface area contributed by atoms with Gasteiger partial charge in [0.15, 0.2) is 0 Å². The molecule has 1 amide bonds. The molecule has 0 fully saturated rings. The van der Waals surface area contributed by atoms with Gasteiger partial charge in [-0.25, -0.2) is 0 Å². The predicted octanol–water partition coefficient (Wildman–Crippen LogP) is -0.759. The lowest BCUT2D eigenvalue weighted by molar-refractivity contribution is -0.126. The van der Waals surface area contributed by atoms with Gasteiger partial charge in [0.05, 0.1) is 19.3 Å². The van der Waals surface area contributed by atoms with Crippen LogP contribution in [-0.2, 0) is 14.3 Å². The van der Waals surface area contributed by atoms with Crippen LogP contribution in [0.25, 0.3) is 0 Å². The fourth-order valence-corrected chi connectivity index (χ4v) is 0.669. The van der Waals surface area contributed by atoms with Crippen LogP contribution in [0.15, 0.2) is 0 Å². The Morgan fingerprint density at radius 2 is 2.15 bits per heavy atom. The number of ether oxygens (including phenoxy) is 2. The summed E-state index contributed by atoms with van der Waals surface area (Å²) in [6.45, 7) is 3.94. The topological polar surface area (TPSA) is 87.6 Å². The normalized spacial score (nSPS) is 17.8. The Morgan fingerprint density at radius 3 is 2.54 bits per heavy atom. The van der Waals surface area contributed by atoms with Gasteiger partial charge in [-0.15, -0.1) is 0 Å². The first-order valence-electron chi connectivity index (χ1n) is 4.09. The van der Waals surface area contributed by atoms with Crippen molar-refractivity contribution in [3.05, 3.63) is 0 Å². The summed E-state index contributed by atoms with van der Waals surface area (Å²) in [7, 11) is 1.58. The first-order valence-corrected chi connectivity index (χ1v) is 4.09. The summed E-state index contributed by atoms with van der Waals surface area (Å²) < 4.78 is 10.1. The molecule has 0 spiro atoms. The molecule has 78 valence electrons. The SMILES string of the molecule is COCC(C)OCC(C)(N)C(N)=O. The van der Waals surface area contributed by atoms with Gasteiger partial charge in [-0.05, 0) is 13.8 Å². The number of primary amides is 1. The van der Waals surface area contributed by atoms with E-state index in [2.05, 4.69) is 0 Å². The number of hydrogen-bond donors (Lipinski definition) is 2. The van der Waals surface area contributed by atoms with Crippen molar-refractivity contribution in [2.45, 2.75) is 25.5 Å². The van der Waals surface area contributed by atoms with Gasteiger partial charge >= 0.3 is 0 Å². The molecule has 0 aromatic carbocycles. The second kappa shape index (κ2) is 5.16. The molecule has 2 atom stereocenters. The van der Waals surface area contributed by atoms with Crippen LogP contribution >= 0.6 is 0 Å². The van der Waals surface area contributed by atoms with Crippen LogP contribution in [0.5, 0.6) is 0 Å². The summed E-state index contributed by atoms with van der Waals surface area (Å²) in [5.74, 6) is -0.572. The van der Waals surface area contributed by atoms with E-state index < -0.39 is 11.4 Å². The van der Waals surface area contributed by atoms with Crippen molar-refractivity contribution in [2.75, 3.05) is 20.3 Å². The third-order valence-corrected chi connectivity index (χ3v) is 1.63. The summed E-state index contributed by atoms with van der Waals surface area (Å²) in [5, 5.41) is 0. The van der Waals surface area contributed by atoms with Crippen molar-refractivity contribution in [3.8, 4) is 0 Å². The molecular formula is C8H18N2O3. The van der Waals surface area contributed by atoms with Crippen molar-refractivity contribution < 1.29 is 14.3 Å². The molecule has 5 heteroatoms. The van der Waals surface area contributed by atoms with Crippen molar-refractivity contribution in [2.24, 2.45) is 11.5 Å². The fourth-order valence-electron chi connectivity index (χ4n) is 0.669. The van der Waals surface area contributed by atoms with Crippen LogP contribution in [0, 0.1) is 0 Å². The van der Waals surface area contributed by atoms with Gasteiger partial charge in [-0.1, -0.05) is 0 Å². The van der Waals surface area contributed by atoms with Crippen LogP contribution in [-0.4, -0.2) is 37.9 Å². The van der Waals surface area contributed by atoms with E-state index in [0.717, 1.165) is 0 Å². The van der Waals surface area contributed by atoms with Crippen LogP contribution in [0.3, 0.4) is 0 Å². The van der Waals surface area contributed by atoms with E-state index in [0.29, 0.717) is 6.61 Å². The Kier molecular flexibility index (Phi) is 4.90. The van der Waals surface area contributed by atoms with Gasteiger partial charge in [-0.3, -0.25) is 4.79 Å². The van der Waals surface area contributed by atoms with E-state index >= 15 is 0 Å². The zero-order chi connectivity index (χ0) is 10.5. The van der Waals surface area contributed by atoms with Crippen molar-refractivity contribution in [1.82, 2.24) is 0 Å². The molecule has 2 unspecified atom stereocenters. The largest absolute Gasteiger partial charge is 0.382 e. The monoisotopic (exact) mass is 190 g/mol. The van der Waals surface area contributed by atoms with E-state index in [9.17, 15) is 4.79 Å². The van der Waals surface area contributed by atoms with E-state index in [1.54, 1.807) is 7.11 Å². The second-order valence-corrected chi connectivity index (χ2v) is 3.36. The zero-order valence-electron chi connectivity index (χ0n) is 8.37. The number of amides is 1. The molecule has 0 rings (SSSR count). The third-order valence-electron chi connectivity index (χ3n) is 1.63. The van der Waals surface area contributed by atoms with E-state index in [-0.39, 0.29) is 12.7 Å². The lowest BCUT2D eigenvalue weighted by Gasteiger charge is -2.22. The minimum atomic E-state index is -1.11. The standard InChI is InChI=1S/C8H18N2O3/c1-6(4-12-3)13-5-8(2,10)7(9)11/h6H,4-5,10H2,1-3H3,(H2,9,11). The summed E-state index contributed by atoms with van der Waals surface area (Å²) in [4.78, 5) is 10.8. The molecule has 0 saturated carbocycles. The lowest BCUT2D eigenvalue weighted by Crippen LogP contribution is -2.53. The highest BCUT2D eigenvalue weighted by Gasteiger charge is 2.26. The van der Waals surface area contributed by atoms with E-state index in [1.807, 2.05) is 6.92 Å². The smallest absolute Gasteiger partial charge is 0.239 e. The lowest BCUT2D eigenvalue weighted by atomic mass is 10.1. The number of nitrogens with two attached hydrogens (primary N) is 2. The summed E-state index contributed by atoms with van der Waals surface area (Å²) in [6, 6.07) is 0. The van der Waals surface area contributed by atoms with Gasteiger partial charge in [-0.2, -0.15) is 0 Å². The quantitative estimate of drug-likeness (QED) is 0.576. The molecule has 0 aliphatic carbocycles. The number of rotatable bonds is 6. The maximum atomic E-state index is 10.8. The molecule has 0 aromatic heterocycles. The van der Waals surface area contributed by atoms with Gasteiger partial charge in [0.2, 0.25) is 5.91 Å². The van der Waals surface area contributed by atoms with Crippen molar-refractivity contribution in [1.29, 1.82) is 0 Å². The van der Waals surface area contributed by atoms with Crippen LogP contribution in [0.4, 0.5) is 0 Å². The first kappa shape index (κ1) is 12.3. The molecule has 0 heterocycles. The molecule has 5 nitrogen and oxygen atoms in total. The fraction of sp³-hybridized carbons (Fsp3) is 0.875. The third kappa shape index (κ3) is 4.82. The molecule has 13 heavy (non-hydrogen) atoms. The molecule has 0 aromatic rings. The number of carbonyl (C=O) groups is 1. The zero-order valence-corrected chi connectivity index (χ0v) is 8.37. The molecule has 0 aliphatic rings. The highest BCUT2D eigenvalue weighted by molar-refractivity contribution is 5.83. The second-order valence-electron chi connectivity index (χ2n) is 3.36. The predicted molar refractivity (Wildman–Crippen MR) is 49.1 cm³/mol. The molecule has 4 N–H and O–H groups in total. The van der Waals surface area contributed by atoms with Gasteiger partial charge < -0.3 is 20.9 Å². The van der Waals surface area contributed by atoms with Gasteiger partial charge in [0.1, 0.15) is 5.54 Å². The van der Waals surface area contributed by atoms with Crippen molar-refractivity contribution >= 4 is 5.91 Å². The number of methoxy groups -OCH3 is 1. The summed E-state index contributed by atoms with van der Waals surface area (Å²) in [6.07, 6.45) is -0.0905. The minimum absolute atomic E-state index is 0.0905. The highest BCUT2D eigenvalue weighted by atomic mass is 16.5. The first-order chi connectivity index (χ1) is 5.90. The maximum absolute atomic E-state index is 10.8. The Morgan fingerprint density at radius 1 is 1.62 bits per heavy atom. The van der Waals surface area contributed by atoms with Gasteiger partial charge in [0, 0.05) is 7.11 Å². The summed E-state index contributed by atoms with van der Waals surface area (Å²) in [5.41, 5.74) is 9.51.